The van der Waals surface area contributed by atoms with Crippen molar-refractivity contribution in [2.45, 2.75) is 19.3 Å². The highest BCUT2D eigenvalue weighted by Crippen LogP contribution is 2.28. The molecule has 0 spiro atoms. The summed E-state index contributed by atoms with van der Waals surface area (Å²) in [7, 11) is 1.51. The highest BCUT2D eigenvalue weighted by molar-refractivity contribution is 6.08. The summed E-state index contributed by atoms with van der Waals surface area (Å²) < 4.78 is 4.99. The number of carbonyl (C=O) groups excluding carboxylic acids is 1. The van der Waals surface area contributed by atoms with E-state index in [2.05, 4.69) is 15.2 Å². The lowest BCUT2D eigenvalue weighted by atomic mass is 10.1. The Labute approximate surface area is 150 Å². The van der Waals surface area contributed by atoms with Crippen LogP contribution in [0.15, 0.2) is 36.5 Å². The number of nitrogens with zero attached hydrogens (tertiary/aromatic N) is 3. The third-order valence-corrected chi connectivity index (χ3v) is 4.34. The number of rotatable bonds is 5. The van der Waals surface area contributed by atoms with Crippen molar-refractivity contribution in [3.8, 4) is 5.88 Å². The predicted molar refractivity (Wildman–Crippen MR) is 97.9 cm³/mol. The summed E-state index contributed by atoms with van der Waals surface area (Å²) >= 11 is 0. The Kier molecular flexibility index (Phi) is 5.31. The SMILES string of the molecule is COc1ccc(NC(=O)c2cc([N+](=O)[O-])ccc2N2CCCCC2)cn1. The van der Waals surface area contributed by atoms with Crippen molar-refractivity contribution in [1.82, 2.24) is 4.98 Å². The molecule has 8 nitrogen and oxygen atoms in total. The van der Waals surface area contributed by atoms with Gasteiger partial charge in [0.25, 0.3) is 11.6 Å². The van der Waals surface area contributed by atoms with Gasteiger partial charge in [-0.15, -0.1) is 0 Å². The van der Waals surface area contributed by atoms with E-state index in [1.807, 2.05) is 0 Å². The van der Waals surface area contributed by atoms with Crippen LogP contribution in [-0.4, -0.2) is 36.0 Å². The van der Waals surface area contributed by atoms with Gasteiger partial charge in [-0.1, -0.05) is 0 Å². The second-order valence-corrected chi connectivity index (χ2v) is 6.05. The fourth-order valence-corrected chi connectivity index (χ4v) is 3.00. The topological polar surface area (TPSA) is 97.6 Å². The highest BCUT2D eigenvalue weighted by Gasteiger charge is 2.22. The van der Waals surface area contributed by atoms with Crippen LogP contribution in [0.1, 0.15) is 29.6 Å². The average Bonchev–Trinajstić information content (AvgIpc) is 2.68. The van der Waals surface area contributed by atoms with Gasteiger partial charge in [0.15, 0.2) is 0 Å². The van der Waals surface area contributed by atoms with Crippen molar-refractivity contribution in [2.24, 2.45) is 0 Å². The quantitative estimate of drug-likeness (QED) is 0.652. The first-order chi connectivity index (χ1) is 12.6. The number of aromatic nitrogens is 1. The number of methoxy groups -OCH3 is 1. The molecule has 136 valence electrons. The van der Waals surface area contributed by atoms with Crippen LogP contribution in [-0.2, 0) is 0 Å². The van der Waals surface area contributed by atoms with E-state index < -0.39 is 10.8 Å². The Morgan fingerprint density at radius 2 is 2.00 bits per heavy atom. The third kappa shape index (κ3) is 3.90. The van der Waals surface area contributed by atoms with Crippen molar-refractivity contribution < 1.29 is 14.5 Å². The van der Waals surface area contributed by atoms with Gasteiger partial charge in [-0.2, -0.15) is 0 Å². The smallest absolute Gasteiger partial charge is 0.270 e. The number of anilines is 2. The van der Waals surface area contributed by atoms with E-state index in [1.54, 1.807) is 18.2 Å². The van der Waals surface area contributed by atoms with E-state index in [0.717, 1.165) is 32.4 Å². The normalized spacial score (nSPS) is 14.0. The summed E-state index contributed by atoms with van der Waals surface area (Å²) in [6, 6.07) is 7.73. The molecule has 1 aliphatic heterocycles. The number of carbonyl (C=O) groups is 1. The van der Waals surface area contributed by atoms with Crippen LogP contribution in [0, 0.1) is 10.1 Å². The fourth-order valence-electron chi connectivity index (χ4n) is 3.00. The Morgan fingerprint density at radius 3 is 2.62 bits per heavy atom. The molecule has 2 aromatic rings. The first-order valence-corrected chi connectivity index (χ1v) is 8.43. The van der Waals surface area contributed by atoms with Crippen LogP contribution in [0.2, 0.25) is 0 Å². The standard InChI is InChI=1S/C18H20N4O4/c1-26-17-8-5-13(12-19-17)20-18(23)15-11-14(22(24)25)6-7-16(15)21-9-3-2-4-10-21/h5-8,11-12H,2-4,9-10H2,1H3,(H,20,23). The molecule has 2 heterocycles. The minimum atomic E-state index is -0.494. The third-order valence-electron chi connectivity index (χ3n) is 4.34. The molecule has 3 rings (SSSR count). The highest BCUT2D eigenvalue weighted by atomic mass is 16.6. The monoisotopic (exact) mass is 356 g/mol. The molecule has 1 N–H and O–H groups in total. The summed E-state index contributed by atoms with van der Waals surface area (Å²) in [4.78, 5) is 29.6. The van der Waals surface area contributed by atoms with Gasteiger partial charge in [0.1, 0.15) is 0 Å². The molecule has 0 unspecified atom stereocenters. The molecule has 1 aliphatic rings. The number of hydrogen-bond acceptors (Lipinski definition) is 6. The zero-order valence-corrected chi connectivity index (χ0v) is 14.5. The molecule has 26 heavy (non-hydrogen) atoms. The number of nitro benzene ring substituents is 1. The van der Waals surface area contributed by atoms with Crippen molar-refractivity contribution >= 4 is 23.0 Å². The van der Waals surface area contributed by atoms with Crippen LogP contribution in [0.3, 0.4) is 0 Å². The number of ether oxygens (including phenoxy) is 1. The number of piperidine rings is 1. The number of non-ortho nitro benzene ring substituents is 1. The van der Waals surface area contributed by atoms with Crippen LogP contribution in [0.4, 0.5) is 17.1 Å². The largest absolute Gasteiger partial charge is 0.481 e. The van der Waals surface area contributed by atoms with E-state index in [1.165, 1.54) is 25.4 Å². The maximum Gasteiger partial charge on any atom is 0.270 e. The Balaban J connectivity index is 1.90. The van der Waals surface area contributed by atoms with Crippen molar-refractivity contribution in [3.63, 3.8) is 0 Å². The molecule has 1 amide bonds. The molecular formula is C18H20N4O4. The van der Waals surface area contributed by atoms with Gasteiger partial charge in [-0.05, 0) is 31.4 Å². The van der Waals surface area contributed by atoms with Crippen molar-refractivity contribution in [1.29, 1.82) is 0 Å². The van der Waals surface area contributed by atoms with E-state index in [9.17, 15) is 14.9 Å². The van der Waals surface area contributed by atoms with Crippen molar-refractivity contribution in [3.05, 3.63) is 52.2 Å². The molecular weight excluding hydrogens is 336 g/mol. The van der Waals surface area contributed by atoms with E-state index in [-0.39, 0.29) is 11.3 Å². The molecule has 1 saturated heterocycles. The molecule has 1 fully saturated rings. The first-order valence-electron chi connectivity index (χ1n) is 8.43. The second-order valence-electron chi connectivity index (χ2n) is 6.05. The van der Waals surface area contributed by atoms with Crippen LogP contribution in [0.5, 0.6) is 5.88 Å². The van der Waals surface area contributed by atoms with Crippen molar-refractivity contribution in [2.75, 3.05) is 30.4 Å². The van der Waals surface area contributed by atoms with E-state index in [4.69, 9.17) is 4.74 Å². The Morgan fingerprint density at radius 1 is 1.23 bits per heavy atom. The van der Waals surface area contributed by atoms with Gasteiger partial charge in [-0.3, -0.25) is 14.9 Å². The zero-order chi connectivity index (χ0) is 18.5. The molecule has 0 radical (unpaired) electrons. The lowest BCUT2D eigenvalue weighted by molar-refractivity contribution is -0.384. The Hall–Kier alpha value is -3.16. The lowest BCUT2D eigenvalue weighted by Gasteiger charge is -2.30. The maximum absolute atomic E-state index is 12.8. The Bertz CT molecular complexity index is 801. The summed E-state index contributed by atoms with van der Waals surface area (Å²) in [5.74, 6) is 0.0357. The second kappa shape index (κ2) is 7.81. The van der Waals surface area contributed by atoms with E-state index in [0.29, 0.717) is 17.3 Å². The lowest BCUT2D eigenvalue weighted by Crippen LogP contribution is -2.31. The molecule has 0 saturated carbocycles. The summed E-state index contributed by atoms with van der Waals surface area (Å²) in [6.07, 6.45) is 4.72. The first kappa shape index (κ1) is 17.7. The fraction of sp³-hybridized carbons (Fsp3) is 0.333. The molecule has 1 aromatic carbocycles. The number of hydrogen-bond donors (Lipinski definition) is 1. The molecule has 8 heteroatoms. The van der Waals surface area contributed by atoms with Crippen LogP contribution in [0.25, 0.3) is 0 Å². The zero-order valence-electron chi connectivity index (χ0n) is 14.5. The van der Waals surface area contributed by atoms with Gasteiger partial charge in [-0.25, -0.2) is 4.98 Å². The van der Waals surface area contributed by atoms with Crippen LogP contribution < -0.4 is 15.0 Å². The number of nitro groups is 1. The minimum Gasteiger partial charge on any atom is -0.481 e. The van der Waals surface area contributed by atoms with Gasteiger partial charge in [0.2, 0.25) is 5.88 Å². The van der Waals surface area contributed by atoms with E-state index >= 15 is 0 Å². The number of amides is 1. The summed E-state index contributed by atoms with van der Waals surface area (Å²) in [5, 5.41) is 13.9. The summed E-state index contributed by atoms with van der Waals surface area (Å²) in [5.41, 5.74) is 1.39. The van der Waals surface area contributed by atoms with Gasteiger partial charge >= 0.3 is 0 Å². The summed E-state index contributed by atoms with van der Waals surface area (Å²) in [6.45, 7) is 1.67. The van der Waals surface area contributed by atoms with Gasteiger partial charge < -0.3 is 15.0 Å². The molecule has 0 atom stereocenters. The number of pyridine rings is 1. The molecule has 1 aromatic heterocycles. The van der Waals surface area contributed by atoms with Gasteiger partial charge in [0.05, 0.1) is 35.2 Å². The van der Waals surface area contributed by atoms with Crippen LogP contribution >= 0.6 is 0 Å². The molecule has 0 bridgehead atoms. The predicted octanol–water partition coefficient (Wildman–Crippen LogP) is 3.24. The minimum absolute atomic E-state index is 0.108. The number of benzene rings is 1. The number of nitrogens with one attached hydrogen (secondary N) is 1. The van der Waals surface area contributed by atoms with Gasteiger partial charge in [0, 0.05) is 31.3 Å². The maximum atomic E-state index is 12.8. The molecule has 0 aliphatic carbocycles. The average molecular weight is 356 g/mol.